The molecule has 0 aliphatic heterocycles. The van der Waals surface area contributed by atoms with Gasteiger partial charge < -0.3 is 10.1 Å². The van der Waals surface area contributed by atoms with Crippen molar-refractivity contribution in [2.75, 3.05) is 17.2 Å². The summed E-state index contributed by atoms with van der Waals surface area (Å²) in [5.74, 6) is 0.888. The van der Waals surface area contributed by atoms with Crippen LogP contribution in [0, 0.1) is 13.8 Å². The van der Waals surface area contributed by atoms with Crippen LogP contribution in [0.15, 0.2) is 47.8 Å². The zero-order valence-corrected chi connectivity index (χ0v) is 19.5. The monoisotopic (exact) mass is 463 g/mol. The highest BCUT2D eigenvalue weighted by Gasteiger charge is 2.14. The molecule has 2 aromatic heterocycles. The molecule has 0 atom stereocenters. The number of amides is 2. The van der Waals surface area contributed by atoms with E-state index in [-0.39, 0.29) is 17.8 Å². The van der Waals surface area contributed by atoms with E-state index >= 15 is 0 Å². The van der Waals surface area contributed by atoms with E-state index in [1.54, 1.807) is 4.52 Å². The molecule has 0 spiro atoms. The van der Waals surface area contributed by atoms with Crippen molar-refractivity contribution in [3.63, 3.8) is 0 Å². The second-order valence-electron chi connectivity index (χ2n) is 7.73. The molecule has 0 saturated carbocycles. The zero-order valence-electron chi connectivity index (χ0n) is 18.7. The molecule has 0 radical (unpaired) electrons. The fraction of sp³-hybridized carbons (Fsp3) is 0.250. The van der Waals surface area contributed by atoms with Gasteiger partial charge in [-0.15, -0.1) is 16.4 Å². The number of rotatable bonds is 8. The van der Waals surface area contributed by atoms with Crippen LogP contribution in [0.3, 0.4) is 0 Å². The number of aromatic nitrogens is 3. The summed E-state index contributed by atoms with van der Waals surface area (Å²) >= 11 is 1.44. The molecule has 0 bridgehead atoms. The number of thiazole rings is 1. The number of nitrogens with zero attached hydrogens (tertiary/aromatic N) is 3. The van der Waals surface area contributed by atoms with Gasteiger partial charge in [0.1, 0.15) is 5.75 Å². The van der Waals surface area contributed by atoms with Gasteiger partial charge in [0.25, 0.3) is 0 Å². The van der Waals surface area contributed by atoms with Crippen molar-refractivity contribution in [1.82, 2.24) is 14.6 Å². The maximum Gasteiger partial charge on any atom is 0.250 e. The normalized spacial score (nSPS) is 10.9. The highest BCUT2D eigenvalue weighted by molar-refractivity contribution is 7.15. The molecule has 0 aliphatic rings. The van der Waals surface area contributed by atoms with Gasteiger partial charge in [-0.3, -0.25) is 14.9 Å². The Morgan fingerprint density at radius 1 is 1.06 bits per heavy atom. The van der Waals surface area contributed by atoms with Gasteiger partial charge in [0.05, 0.1) is 12.3 Å². The van der Waals surface area contributed by atoms with Gasteiger partial charge in [-0.1, -0.05) is 30.3 Å². The second kappa shape index (κ2) is 9.83. The summed E-state index contributed by atoms with van der Waals surface area (Å²) in [5.41, 5.74) is 4.69. The predicted molar refractivity (Wildman–Crippen MR) is 130 cm³/mol. The average Bonchev–Trinajstić information content (AvgIpc) is 3.33. The Morgan fingerprint density at radius 2 is 1.79 bits per heavy atom. The lowest BCUT2D eigenvalue weighted by atomic mass is 10.1. The highest BCUT2D eigenvalue weighted by atomic mass is 32.1. The molecule has 2 aromatic carbocycles. The van der Waals surface area contributed by atoms with Crippen LogP contribution in [-0.4, -0.2) is 33.0 Å². The van der Waals surface area contributed by atoms with Crippen molar-refractivity contribution < 1.29 is 14.3 Å². The van der Waals surface area contributed by atoms with Crippen molar-refractivity contribution in [2.45, 2.75) is 33.6 Å². The van der Waals surface area contributed by atoms with Crippen molar-refractivity contribution in [1.29, 1.82) is 0 Å². The standard InChI is InChI=1S/C24H25N5O3S/c1-15-6-4-7-16(2)22(15)32-13-5-8-21(31)26-23-27-24-29(28-23)20(14-33-24)18-9-11-19(12-10-18)25-17(3)30/h4,6-7,9-12,14H,5,8,13H2,1-3H3,(H,25,30)(H,26,28,31). The third-order valence-corrected chi connectivity index (χ3v) is 5.85. The van der Waals surface area contributed by atoms with Crippen molar-refractivity contribution >= 4 is 39.7 Å². The van der Waals surface area contributed by atoms with Crippen LogP contribution in [0.5, 0.6) is 5.75 Å². The maximum atomic E-state index is 12.3. The van der Waals surface area contributed by atoms with Gasteiger partial charge in [0.2, 0.25) is 22.7 Å². The number of para-hydroxylation sites is 1. The molecular weight excluding hydrogens is 438 g/mol. The molecule has 0 unspecified atom stereocenters. The Labute approximate surface area is 195 Å². The van der Waals surface area contributed by atoms with E-state index in [0.29, 0.717) is 24.4 Å². The third kappa shape index (κ3) is 5.38. The molecule has 4 aromatic rings. The fourth-order valence-corrected chi connectivity index (χ4v) is 4.31. The van der Waals surface area contributed by atoms with E-state index in [4.69, 9.17) is 4.74 Å². The Hall–Kier alpha value is -3.72. The van der Waals surface area contributed by atoms with Gasteiger partial charge in [0.15, 0.2) is 0 Å². The first-order valence-electron chi connectivity index (χ1n) is 10.6. The largest absolute Gasteiger partial charge is 0.493 e. The van der Waals surface area contributed by atoms with Crippen molar-refractivity contribution in [2.24, 2.45) is 0 Å². The first-order valence-corrected chi connectivity index (χ1v) is 11.5. The first-order chi connectivity index (χ1) is 15.9. The summed E-state index contributed by atoms with van der Waals surface area (Å²) in [6, 6.07) is 13.5. The number of hydrogen-bond donors (Lipinski definition) is 2. The van der Waals surface area contributed by atoms with Gasteiger partial charge in [-0.05, 0) is 43.5 Å². The zero-order chi connectivity index (χ0) is 23.4. The van der Waals surface area contributed by atoms with E-state index in [1.807, 2.05) is 61.7 Å². The number of nitrogens with one attached hydrogen (secondary N) is 2. The smallest absolute Gasteiger partial charge is 0.250 e. The van der Waals surface area contributed by atoms with Crippen LogP contribution >= 0.6 is 11.3 Å². The second-order valence-corrected chi connectivity index (χ2v) is 8.57. The minimum absolute atomic E-state index is 0.116. The minimum Gasteiger partial charge on any atom is -0.493 e. The van der Waals surface area contributed by atoms with Gasteiger partial charge in [-0.25, -0.2) is 4.52 Å². The topological polar surface area (TPSA) is 97.6 Å². The lowest BCUT2D eigenvalue weighted by Gasteiger charge is -2.11. The molecule has 0 fully saturated rings. The van der Waals surface area contributed by atoms with Crippen LogP contribution in [0.2, 0.25) is 0 Å². The molecule has 4 rings (SSSR count). The number of hydrogen-bond acceptors (Lipinski definition) is 6. The summed E-state index contributed by atoms with van der Waals surface area (Å²) in [6.45, 7) is 5.96. The number of fused-ring (bicyclic) bond motifs is 1. The molecule has 2 amide bonds. The highest BCUT2D eigenvalue weighted by Crippen LogP contribution is 2.27. The molecule has 2 N–H and O–H groups in total. The van der Waals surface area contributed by atoms with Crippen LogP contribution in [0.4, 0.5) is 11.6 Å². The third-order valence-electron chi connectivity index (χ3n) is 5.04. The van der Waals surface area contributed by atoms with Gasteiger partial charge in [0, 0.05) is 30.0 Å². The maximum absolute atomic E-state index is 12.3. The van der Waals surface area contributed by atoms with E-state index in [1.165, 1.54) is 18.3 Å². The van der Waals surface area contributed by atoms with Crippen LogP contribution < -0.4 is 15.4 Å². The minimum atomic E-state index is -0.153. The first kappa shape index (κ1) is 22.5. The summed E-state index contributed by atoms with van der Waals surface area (Å²) in [5, 5.41) is 11.9. The molecule has 0 aliphatic carbocycles. The summed E-state index contributed by atoms with van der Waals surface area (Å²) in [6.07, 6.45) is 0.906. The van der Waals surface area contributed by atoms with E-state index in [9.17, 15) is 9.59 Å². The van der Waals surface area contributed by atoms with Gasteiger partial charge in [-0.2, -0.15) is 4.98 Å². The van der Waals surface area contributed by atoms with Crippen molar-refractivity contribution in [3.8, 4) is 17.0 Å². The molecule has 8 nitrogen and oxygen atoms in total. The molecular formula is C24H25N5O3S. The SMILES string of the molecule is CC(=O)Nc1ccc(-c2csc3nc(NC(=O)CCCOc4c(C)cccc4C)nn23)cc1. The summed E-state index contributed by atoms with van der Waals surface area (Å²) < 4.78 is 7.57. The van der Waals surface area contributed by atoms with E-state index < -0.39 is 0 Å². The van der Waals surface area contributed by atoms with Crippen molar-refractivity contribution in [3.05, 3.63) is 59.0 Å². The average molecular weight is 464 g/mol. The lowest BCUT2D eigenvalue weighted by Crippen LogP contribution is -2.14. The van der Waals surface area contributed by atoms with E-state index in [0.717, 1.165) is 33.8 Å². The Kier molecular flexibility index (Phi) is 6.69. The number of ether oxygens (including phenoxy) is 1. The van der Waals surface area contributed by atoms with Crippen LogP contribution in [0.25, 0.3) is 16.2 Å². The molecule has 33 heavy (non-hydrogen) atoms. The molecule has 0 saturated heterocycles. The van der Waals surface area contributed by atoms with Crippen LogP contribution in [-0.2, 0) is 9.59 Å². The van der Waals surface area contributed by atoms with Gasteiger partial charge >= 0.3 is 0 Å². The fourth-order valence-electron chi connectivity index (χ4n) is 3.48. The number of anilines is 2. The molecule has 9 heteroatoms. The molecule has 170 valence electrons. The number of carbonyl (C=O) groups excluding carboxylic acids is 2. The number of aryl methyl sites for hydroxylation is 2. The summed E-state index contributed by atoms with van der Waals surface area (Å²) in [4.78, 5) is 28.6. The Bertz CT molecular complexity index is 1270. The molecule has 2 heterocycles. The Morgan fingerprint density at radius 3 is 2.48 bits per heavy atom. The van der Waals surface area contributed by atoms with E-state index in [2.05, 4.69) is 20.7 Å². The quantitative estimate of drug-likeness (QED) is 0.365. The lowest BCUT2D eigenvalue weighted by molar-refractivity contribution is -0.116. The Balaban J connectivity index is 1.34. The number of carbonyl (C=O) groups is 2. The van der Waals surface area contributed by atoms with Crippen LogP contribution in [0.1, 0.15) is 30.9 Å². The summed E-state index contributed by atoms with van der Waals surface area (Å²) in [7, 11) is 0. The predicted octanol–water partition coefficient (Wildman–Crippen LogP) is 4.83. The number of benzene rings is 2.